The van der Waals surface area contributed by atoms with Crippen LogP contribution in [0, 0.1) is 0 Å². The molecule has 0 aliphatic heterocycles. The average Bonchev–Trinajstić information content (AvgIpc) is 3.12. The summed E-state index contributed by atoms with van der Waals surface area (Å²) in [6.45, 7) is 0. The van der Waals surface area contributed by atoms with Crippen LogP contribution in [0.5, 0.6) is 0 Å². The van der Waals surface area contributed by atoms with Crippen molar-refractivity contribution in [3.05, 3.63) is 53.5 Å². The Balaban J connectivity index is 1.67. The quantitative estimate of drug-likeness (QED) is 0.800. The highest BCUT2D eigenvalue weighted by atomic mass is 35.5. The maximum atomic E-state index is 11.9. The molecule has 2 aromatic heterocycles. The highest BCUT2D eigenvalue weighted by Gasteiger charge is 2.14. The van der Waals surface area contributed by atoms with Gasteiger partial charge in [-0.15, -0.1) is 0 Å². The second-order valence-corrected chi connectivity index (χ2v) is 4.61. The molecule has 0 atom stereocenters. The number of nitrogens with one attached hydrogen (secondary N) is 1. The van der Waals surface area contributed by atoms with Crippen molar-refractivity contribution in [1.29, 1.82) is 0 Å². The average molecular weight is 304 g/mol. The number of furan rings is 1. The van der Waals surface area contributed by atoms with E-state index < -0.39 is 0 Å². The molecule has 0 aliphatic carbocycles. The smallest absolute Gasteiger partial charge is 0.293 e. The van der Waals surface area contributed by atoms with Gasteiger partial charge in [0.1, 0.15) is 0 Å². The van der Waals surface area contributed by atoms with Crippen molar-refractivity contribution in [3.63, 3.8) is 0 Å². The minimum atomic E-state index is -0.283. The van der Waals surface area contributed by atoms with E-state index in [4.69, 9.17) is 20.5 Å². The van der Waals surface area contributed by atoms with Gasteiger partial charge in [-0.1, -0.05) is 28.9 Å². The van der Waals surface area contributed by atoms with Gasteiger partial charge in [0, 0.05) is 0 Å². The number of carbonyl (C=O) groups is 1. The second kappa shape index (κ2) is 5.80. The summed E-state index contributed by atoms with van der Waals surface area (Å²) in [5.41, 5.74) is 0.541. The minimum Gasteiger partial charge on any atom is -0.459 e. The number of rotatable bonds is 4. The van der Waals surface area contributed by atoms with Crippen molar-refractivity contribution in [2.75, 3.05) is 5.32 Å². The highest BCUT2D eigenvalue weighted by molar-refractivity contribution is 6.33. The summed E-state index contributed by atoms with van der Waals surface area (Å²) in [7, 11) is 0. The lowest BCUT2D eigenvalue weighted by molar-refractivity contribution is -0.115. The lowest BCUT2D eigenvalue weighted by Gasteiger charge is -2.04. The molecule has 0 fully saturated rings. The van der Waals surface area contributed by atoms with E-state index in [9.17, 15) is 4.79 Å². The summed E-state index contributed by atoms with van der Waals surface area (Å²) < 4.78 is 10.2. The van der Waals surface area contributed by atoms with Crippen molar-refractivity contribution in [2.45, 2.75) is 6.42 Å². The molecule has 1 N–H and O–H groups in total. The van der Waals surface area contributed by atoms with Gasteiger partial charge in [-0.2, -0.15) is 4.98 Å². The van der Waals surface area contributed by atoms with Crippen molar-refractivity contribution < 1.29 is 13.7 Å². The van der Waals surface area contributed by atoms with E-state index in [0.717, 1.165) is 0 Å². The molecular weight excluding hydrogens is 294 g/mol. The maximum Gasteiger partial charge on any atom is 0.293 e. The number of amides is 1. The fourth-order valence-electron chi connectivity index (χ4n) is 1.73. The van der Waals surface area contributed by atoms with Gasteiger partial charge in [0.15, 0.2) is 11.6 Å². The van der Waals surface area contributed by atoms with Gasteiger partial charge in [0.25, 0.3) is 5.89 Å². The van der Waals surface area contributed by atoms with Crippen LogP contribution in [0.4, 0.5) is 5.69 Å². The van der Waals surface area contributed by atoms with Gasteiger partial charge in [-0.25, -0.2) is 0 Å². The molecule has 3 rings (SSSR count). The Labute approximate surface area is 124 Å². The number of anilines is 1. The molecule has 0 spiro atoms. The van der Waals surface area contributed by atoms with Crippen molar-refractivity contribution in [1.82, 2.24) is 10.1 Å². The number of para-hydroxylation sites is 1. The molecule has 6 nitrogen and oxygen atoms in total. The fraction of sp³-hybridized carbons (Fsp3) is 0.0714. The zero-order valence-electron chi connectivity index (χ0n) is 10.7. The first-order chi connectivity index (χ1) is 10.2. The third-order valence-electron chi connectivity index (χ3n) is 2.67. The number of hydrogen-bond acceptors (Lipinski definition) is 5. The monoisotopic (exact) mass is 303 g/mol. The lowest BCUT2D eigenvalue weighted by Crippen LogP contribution is -2.15. The first kappa shape index (κ1) is 13.4. The zero-order valence-corrected chi connectivity index (χ0v) is 11.5. The molecule has 21 heavy (non-hydrogen) atoms. The predicted octanol–water partition coefficient (Wildman–Crippen LogP) is 3.16. The first-order valence-electron chi connectivity index (χ1n) is 6.13. The van der Waals surface area contributed by atoms with E-state index in [1.807, 2.05) is 0 Å². The minimum absolute atomic E-state index is 0.0184. The predicted molar refractivity (Wildman–Crippen MR) is 75.8 cm³/mol. The van der Waals surface area contributed by atoms with Crippen LogP contribution in [-0.2, 0) is 11.2 Å². The summed E-state index contributed by atoms with van der Waals surface area (Å²) in [5.74, 6) is 0.682. The SMILES string of the molecule is O=C(Cc1noc(-c2ccco2)n1)Nc1ccccc1Cl. The van der Waals surface area contributed by atoms with Gasteiger partial charge in [0.05, 0.1) is 23.4 Å². The van der Waals surface area contributed by atoms with Crippen LogP contribution in [0.3, 0.4) is 0 Å². The van der Waals surface area contributed by atoms with E-state index in [2.05, 4.69) is 15.5 Å². The first-order valence-corrected chi connectivity index (χ1v) is 6.51. The van der Waals surface area contributed by atoms with E-state index in [0.29, 0.717) is 16.5 Å². The Morgan fingerprint density at radius 2 is 2.10 bits per heavy atom. The molecule has 0 saturated heterocycles. The molecule has 106 valence electrons. The largest absolute Gasteiger partial charge is 0.459 e. The Kier molecular flexibility index (Phi) is 3.70. The lowest BCUT2D eigenvalue weighted by atomic mass is 10.3. The molecular formula is C14H10ClN3O3. The third kappa shape index (κ3) is 3.11. The Morgan fingerprint density at radius 3 is 2.86 bits per heavy atom. The molecule has 3 aromatic rings. The summed E-state index contributed by atoms with van der Waals surface area (Å²) >= 11 is 5.97. The van der Waals surface area contributed by atoms with Crippen molar-refractivity contribution >= 4 is 23.2 Å². The van der Waals surface area contributed by atoms with Crippen LogP contribution in [0.1, 0.15) is 5.82 Å². The summed E-state index contributed by atoms with van der Waals surface area (Å²) in [4.78, 5) is 16.0. The highest BCUT2D eigenvalue weighted by Crippen LogP contribution is 2.21. The Bertz CT molecular complexity index is 752. The van der Waals surface area contributed by atoms with E-state index in [1.54, 1.807) is 36.4 Å². The van der Waals surface area contributed by atoms with Crippen LogP contribution in [0.2, 0.25) is 5.02 Å². The molecule has 1 aromatic carbocycles. The van der Waals surface area contributed by atoms with Crippen LogP contribution >= 0.6 is 11.6 Å². The van der Waals surface area contributed by atoms with Gasteiger partial charge in [-0.3, -0.25) is 4.79 Å². The molecule has 0 bridgehead atoms. The summed E-state index contributed by atoms with van der Waals surface area (Å²) in [6, 6.07) is 10.4. The molecule has 0 aliphatic rings. The van der Waals surface area contributed by atoms with Crippen molar-refractivity contribution in [3.8, 4) is 11.7 Å². The third-order valence-corrected chi connectivity index (χ3v) is 3.00. The maximum absolute atomic E-state index is 11.9. The van der Waals surface area contributed by atoms with Gasteiger partial charge >= 0.3 is 0 Å². The van der Waals surface area contributed by atoms with Crippen LogP contribution in [0.15, 0.2) is 51.6 Å². The molecule has 1 amide bonds. The summed E-state index contributed by atoms with van der Waals surface area (Å²) in [5, 5.41) is 6.89. The normalized spacial score (nSPS) is 10.5. The Morgan fingerprint density at radius 1 is 1.24 bits per heavy atom. The number of nitrogens with zero attached hydrogens (tertiary/aromatic N) is 2. The van der Waals surface area contributed by atoms with E-state index in [-0.39, 0.29) is 24.0 Å². The second-order valence-electron chi connectivity index (χ2n) is 4.20. The summed E-state index contributed by atoms with van der Waals surface area (Å²) in [6.07, 6.45) is 1.48. The van der Waals surface area contributed by atoms with Crippen LogP contribution in [0.25, 0.3) is 11.7 Å². The topological polar surface area (TPSA) is 81.2 Å². The number of aromatic nitrogens is 2. The van der Waals surface area contributed by atoms with E-state index >= 15 is 0 Å². The van der Waals surface area contributed by atoms with Crippen molar-refractivity contribution in [2.24, 2.45) is 0 Å². The Hall–Kier alpha value is -2.60. The number of halogens is 1. The molecule has 0 unspecified atom stereocenters. The molecule has 0 saturated carbocycles. The van der Waals surface area contributed by atoms with Gasteiger partial charge < -0.3 is 14.3 Å². The zero-order chi connectivity index (χ0) is 14.7. The van der Waals surface area contributed by atoms with Crippen LogP contribution in [-0.4, -0.2) is 16.0 Å². The molecule has 0 radical (unpaired) electrons. The fourth-order valence-corrected chi connectivity index (χ4v) is 1.91. The molecule has 2 heterocycles. The number of carbonyl (C=O) groups excluding carboxylic acids is 1. The number of hydrogen-bond donors (Lipinski definition) is 1. The number of benzene rings is 1. The van der Waals surface area contributed by atoms with Crippen LogP contribution < -0.4 is 5.32 Å². The van der Waals surface area contributed by atoms with Gasteiger partial charge in [0.2, 0.25) is 5.91 Å². The standard InChI is InChI=1S/C14H10ClN3O3/c15-9-4-1-2-5-10(9)16-13(19)8-12-17-14(21-18-12)11-6-3-7-20-11/h1-7H,8H2,(H,16,19). The van der Waals surface area contributed by atoms with E-state index in [1.165, 1.54) is 6.26 Å². The molecule has 7 heteroatoms. The van der Waals surface area contributed by atoms with Gasteiger partial charge in [-0.05, 0) is 24.3 Å².